The highest BCUT2D eigenvalue weighted by Gasteiger charge is 2.54. The summed E-state index contributed by atoms with van der Waals surface area (Å²) in [5.41, 5.74) is 1.30. The molecule has 0 bridgehead atoms. The van der Waals surface area contributed by atoms with Crippen molar-refractivity contribution in [1.82, 2.24) is 29.7 Å². The maximum absolute atomic E-state index is 12.9. The number of rotatable bonds is 2. The van der Waals surface area contributed by atoms with Gasteiger partial charge in [0.25, 0.3) is 5.82 Å². The molecule has 1 spiro atoms. The summed E-state index contributed by atoms with van der Waals surface area (Å²) >= 11 is 0. The molecule has 2 atom stereocenters. The number of pyridine rings is 1. The Hall–Kier alpha value is -2.89. The van der Waals surface area contributed by atoms with E-state index in [0.29, 0.717) is 19.0 Å². The van der Waals surface area contributed by atoms with Gasteiger partial charge in [0.05, 0.1) is 12.1 Å². The van der Waals surface area contributed by atoms with Crippen molar-refractivity contribution in [1.29, 1.82) is 0 Å². The number of urea groups is 1. The number of morpholine rings is 1. The van der Waals surface area contributed by atoms with Crippen molar-refractivity contribution < 1.29 is 27.5 Å². The van der Waals surface area contributed by atoms with Crippen LogP contribution in [0.1, 0.15) is 30.7 Å². The van der Waals surface area contributed by atoms with Crippen LogP contribution in [0.4, 0.5) is 18.0 Å². The standard InChI is InChI=1S/C22H25F3N6O3/c23-22(24,25)19-27-17-6-13(1-4-31(17)28-19)5-14-7-21(8-14)11-30(12-21)20(33)29-3-2-16-15(9-29)26-18(32)10-34-16/h1,4,6,14-16H,2-3,5,7-12H2,(H,26,32)/t15-,16+/m1/s1. The van der Waals surface area contributed by atoms with E-state index in [0.717, 1.165) is 48.9 Å². The van der Waals surface area contributed by atoms with E-state index in [1.54, 1.807) is 12.1 Å². The first-order valence-corrected chi connectivity index (χ1v) is 11.5. The monoisotopic (exact) mass is 478 g/mol. The highest BCUT2D eigenvalue weighted by atomic mass is 19.4. The summed E-state index contributed by atoms with van der Waals surface area (Å²) in [4.78, 5) is 31.8. The summed E-state index contributed by atoms with van der Waals surface area (Å²) in [6, 6.07) is 3.34. The molecule has 2 aromatic rings. The van der Waals surface area contributed by atoms with Crippen LogP contribution in [0.3, 0.4) is 0 Å². The zero-order valence-corrected chi connectivity index (χ0v) is 18.4. The molecule has 0 unspecified atom stereocenters. The molecule has 12 heteroatoms. The summed E-state index contributed by atoms with van der Waals surface area (Å²) in [6.07, 6.45) is 0.429. The molecule has 182 valence electrons. The van der Waals surface area contributed by atoms with E-state index in [1.807, 2.05) is 9.80 Å². The molecule has 1 aliphatic carbocycles. The Morgan fingerprint density at radius 2 is 2.06 bits per heavy atom. The molecule has 0 aromatic carbocycles. The van der Waals surface area contributed by atoms with E-state index in [2.05, 4.69) is 15.4 Å². The Labute approximate surface area is 193 Å². The molecule has 3 saturated heterocycles. The number of carbonyl (C=O) groups excluding carboxylic acids is 2. The number of fused-ring (bicyclic) bond motifs is 2. The molecule has 34 heavy (non-hydrogen) atoms. The first-order valence-electron chi connectivity index (χ1n) is 11.5. The topological polar surface area (TPSA) is 92.1 Å². The van der Waals surface area contributed by atoms with Crippen LogP contribution in [0.5, 0.6) is 0 Å². The van der Waals surface area contributed by atoms with Crippen LogP contribution in [-0.2, 0) is 22.1 Å². The smallest absolute Gasteiger partial charge is 0.366 e. The molecular formula is C22H25F3N6O3. The van der Waals surface area contributed by atoms with Gasteiger partial charge < -0.3 is 19.9 Å². The van der Waals surface area contributed by atoms with Gasteiger partial charge in [-0.15, -0.1) is 5.10 Å². The average Bonchev–Trinajstić information content (AvgIpc) is 3.17. The van der Waals surface area contributed by atoms with E-state index < -0.39 is 12.0 Å². The second kappa shape index (κ2) is 7.56. The number of hydrogen-bond acceptors (Lipinski definition) is 5. The van der Waals surface area contributed by atoms with Gasteiger partial charge in [0.2, 0.25) is 5.91 Å². The van der Waals surface area contributed by atoms with Crippen LogP contribution < -0.4 is 5.32 Å². The molecule has 6 rings (SSSR count). The Balaban J connectivity index is 1.00. The number of hydrogen-bond donors (Lipinski definition) is 1. The second-order valence-electron chi connectivity index (χ2n) is 10.1. The van der Waals surface area contributed by atoms with Crippen molar-refractivity contribution in [3.63, 3.8) is 0 Å². The fourth-order valence-corrected chi connectivity index (χ4v) is 6.04. The fraction of sp³-hybridized carbons (Fsp3) is 0.636. The van der Waals surface area contributed by atoms with Crippen molar-refractivity contribution in [2.45, 2.75) is 44.0 Å². The Bertz CT molecular complexity index is 1140. The molecule has 3 amide bonds. The van der Waals surface area contributed by atoms with Crippen molar-refractivity contribution in [2.24, 2.45) is 11.3 Å². The predicted molar refractivity (Wildman–Crippen MR) is 112 cm³/mol. The van der Waals surface area contributed by atoms with Crippen molar-refractivity contribution in [3.05, 3.63) is 29.7 Å². The van der Waals surface area contributed by atoms with Crippen molar-refractivity contribution >= 4 is 17.6 Å². The van der Waals surface area contributed by atoms with Crippen LogP contribution in [0.2, 0.25) is 0 Å². The molecular weight excluding hydrogens is 453 g/mol. The number of aromatic nitrogens is 3. The van der Waals surface area contributed by atoms with Crippen molar-refractivity contribution in [2.75, 3.05) is 32.8 Å². The Morgan fingerprint density at radius 3 is 2.82 bits per heavy atom. The zero-order chi connectivity index (χ0) is 23.7. The van der Waals surface area contributed by atoms with E-state index in [4.69, 9.17) is 4.74 Å². The number of ether oxygens (including phenoxy) is 1. The van der Waals surface area contributed by atoms with E-state index in [1.165, 1.54) is 6.20 Å². The first kappa shape index (κ1) is 21.6. The molecule has 4 fully saturated rings. The van der Waals surface area contributed by atoms with Crippen LogP contribution >= 0.6 is 0 Å². The van der Waals surface area contributed by atoms with Gasteiger partial charge in [-0.1, -0.05) is 0 Å². The molecule has 1 N–H and O–H groups in total. The molecule has 4 aliphatic rings. The summed E-state index contributed by atoms with van der Waals surface area (Å²) in [7, 11) is 0. The molecule has 0 radical (unpaired) electrons. The van der Waals surface area contributed by atoms with Gasteiger partial charge in [0, 0.05) is 37.8 Å². The van der Waals surface area contributed by atoms with Crippen LogP contribution in [-0.4, -0.2) is 81.3 Å². The number of alkyl halides is 3. The average molecular weight is 478 g/mol. The minimum Gasteiger partial charge on any atom is -0.366 e. The van der Waals surface area contributed by atoms with Gasteiger partial charge in [-0.25, -0.2) is 14.3 Å². The molecule has 3 aliphatic heterocycles. The number of likely N-dealkylation sites (tertiary alicyclic amines) is 2. The minimum absolute atomic E-state index is 0.0186. The Kier molecular flexibility index (Phi) is 4.81. The van der Waals surface area contributed by atoms with Crippen LogP contribution in [0.15, 0.2) is 18.3 Å². The third kappa shape index (κ3) is 3.77. The number of amides is 3. The third-order valence-corrected chi connectivity index (χ3v) is 7.54. The highest BCUT2D eigenvalue weighted by molar-refractivity contribution is 5.79. The summed E-state index contributed by atoms with van der Waals surface area (Å²) in [5, 5.41) is 6.41. The van der Waals surface area contributed by atoms with Gasteiger partial charge in [-0.2, -0.15) is 13.2 Å². The van der Waals surface area contributed by atoms with Crippen molar-refractivity contribution in [3.8, 4) is 0 Å². The number of piperidine rings is 1. The SMILES string of the molecule is O=C1CO[C@H]2CCN(C(=O)N3CC4(CC(Cc5ccn6nc(C(F)(F)F)nc6c5)C4)C3)C[C@H]2N1. The largest absolute Gasteiger partial charge is 0.453 e. The van der Waals surface area contributed by atoms with Gasteiger partial charge >= 0.3 is 12.2 Å². The molecule has 9 nitrogen and oxygen atoms in total. The first-order chi connectivity index (χ1) is 16.2. The molecule has 2 aromatic heterocycles. The summed E-state index contributed by atoms with van der Waals surface area (Å²) in [5.74, 6) is -0.827. The molecule has 1 saturated carbocycles. The maximum Gasteiger partial charge on any atom is 0.453 e. The summed E-state index contributed by atoms with van der Waals surface area (Å²) < 4.78 is 45.2. The van der Waals surface area contributed by atoms with E-state index >= 15 is 0 Å². The Morgan fingerprint density at radius 1 is 1.26 bits per heavy atom. The highest BCUT2D eigenvalue weighted by Crippen LogP contribution is 2.53. The number of nitrogens with one attached hydrogen (secondary N) is 1. The number of halogens is 3. The van der Waals surface area contributed by atoms with Gasteiger partial charge in [-0.3, -0.25) is 4.79 Å². The second-order valence-corrected chi connectivity index (χ2v) is 10.1. The lowest BCUT2D eigenvalue weighted by molar-refractivity contribution is -0.144. The molecule has 5 heterocycles. The quantitative estimate of drug-likeness (QED) is 0.710. The predicted octanol–water partition coefficient (Wildman–Crippen LogP) is 1.71. The van der Waals surface area contributed by atoms with Gasteiger partial charge in [-0.05, 0) is 49.3 Å². The van der Waals surface area contributed by atoms with E-state index in [-0.39, 0.29) is 41.8 Å². The van der Waals surface area contributed by atoms with Gasteiger partial charge in [0.15, 0.2) is 5.65 Å². The normalized spacial score (nSPS) is 26.7. The van der Waals surface area contributed by atoms with E-state index in [9.17, 15) is 22.8 Å². The lowest BCUT2D eigenvalue weighted by Gasteiger charge is -2.60. The number of carbonyl (C=O) groups is 2. The lowest BCUT2D eigenvalue weighted by atomic mass is 9.56. The lowest BCUT2D eigenvalue weighted by Crippen LogP contribution is -2.68. The third-order valence-electron chi connectivity index (χ3n) is 7.54. The van der Waals surface area contributed by atoms with Crippen LogP contribution in [0.25, 0.3) is 5.65 Å². The zero-order valence-electron chi connectivity index (χ0n) is 18.4. The minimum atomic E-state index is -4.56. The number of nitrogens with zero attached hydrogens (tertiary/aromatic N) is 5. The fourth-order valence-electron chi connectivity index (χ4n) is 6.04. The summed E-state index contributed by atoms with van der Waals surface area (Å²) in [6.45, 7) is 2.65. The van der Waals surface area contributed by atoms with Crippen LogP contribution in [0, 0.1) is 11.3 Å². The van der Waals surface area contributed by atoms with Gasteiger partial charge in [0.1, 0.15) is 6.61 Å². The maximum atomic E-state index is 12.9.